The SMILES string of the molecule is C[C@]12CCC(=O)C=C1CCC1C2[C@@H](O)C[C@@]2(C)C1CC[C@]2(O)CCC(=O)OCC[C@H](O)C[C@H](O)CC(=O)O. The van der Waals surface area contributed by atoms with Gasteiger partial charge in [0.15, 0.2) is 5.78 Å². The van der Waals surface area contributed by atoms with Crippen molar-refractivity contribution in [1.29, 1.82) is 0 Å². The summed E-state index contributed by atoms with van der Waals surface area (Å²) >= 11 is 0. The second kappa shape index (κ2) is 11.0. The minimum atomic E-state index is -1.16. The van der Waals surface area contributed by atoms with Gasteiger partial charge in [-0.1, -0.05) is 19.4 Å². The average molecular weight is 537 g/mol. The molecule has 214 valence electrons. The first-order valence-corrected chi connectivity index (χ1v) is 14.2. The number of allylic oxidation sites excluding steroid dienone is 1. The summed E-state index contributed by atoms with van der Waals surface area (Å²) in [6, 6.07) is 0. The lowest BCUT2D eigenvalue weighted by Crippen LogP contribution is -2.59. The molecule has 0 aromatic carbocycles. The molecule has 9 heteroatoms. The highest BCUT2D eigenvalue weighted by atomic mass is 16.5. The zero-order chi connectivity index (χ0) is 27.9. The van der Waals surface area contributed by atoms with Gasteiger partial charge in [0.2, 0.25) is 0 Å². The van der Waals surface area contributed by atoms with Gasteiger partial charge in [0.1, 0.15) is 0 Å². The largest absolute Gasteiger partial charge is 0.481 e. The number of carbonyl (C=O) groups is 3. The lowest BCUT2D eigenvalue weighted by molar-refractivity contribution is -0.176. The number of carbonyl (C=O) groups excluding carboxylic acids is 2. The molecular formula is C29H44O9. The molecular weight excluding hydrogens is 492 g/mol. The molecule has 0 amide bonds. The van der Waals surface area contributed by atoms with Gasteiger partial charge in [0.25, 0.3) is 0 Å². The van der Waals surface area contributed by atoms with Crippen molar-refractivity contribution in [3.8, 4) is 0 Å². The lowest BCUT2D eigenvalue weighted by Gasteiger charge is -2.60. The molecule has 3 fully saturated rings. The Morgan fingerprint density at radius 1 is 1.13 bits per heavy atom. The fraction of sp³-hybridized carbons (Fsp3) is 0.828. The third-order valence-electron chi connectivity index (χ3n) is 10.6. The predicted octanol–water partition coefficient (Wildman–Crippen LogP) is 2.52. The van der Waals surface area contributed by atoms with Crippen LogP contribution in [-0.2, 0) is 19.1 Å². The van der Waals surface area contributed by atoms with E-state index in [4.69, 9.17) is 9.84 Å². The highest BCUT2D eigenvalue weighted by Gasteiger charge is 2.66. The highest BCUT2D eigenvalue weighted by molar-refractivity contribution is 5.91. The third-order valence-corrected chi connectivity index (χ3v) is 10.6. The summed E-state index contributed by atoms with van der Waals surface area (Å²) < 4.78 is 5.25. The fourth-order valence-electron chi connectivity index (χ4n) is 8.60. The Balaban J connectivity index is 1.33. The molecule has 0 aliphatic heterocycles. The van der Waals surface area contributed by atoms with Crippen LogP contribution in [0.4, 0.5) is 0 Å². The molecule has 4 aliphatic carbocycles. The number of esters is 1. The zero-order valence-electron chi connectivity index (χ0n) is 22.6. The molecule has 9 atom stereocenters. The Labute approximate surface area is 224 Å². The molecule has 0 heterocycles. The molecule has 0 aromatic heterocycles. The number of rotatable bonds is 10. The predicted molar refractivity (Wildman–Crippen MR) is 137 cm³/mol. The van der Waals surface area contributed by atoms with Crippen LogP contribution >= 0.6 is 0 Å². The van der Waals surface area contributed by atoms with E-state index in [2.05, 4.69) is 13.8 Å². The number of fused-ring (bicyclic) bond motifs is 5. The number of hydrogen-bond donors (Lipinski definition) is 5. The summed E-state index contributed by atoms with van der Waals surface area (Å²) in [5.74, 6) is -0.884. The van der Waals surface area contributed by atoms with Crippen LogP contribution in [0.15, 0.2) is 11.6 Å². The van der Waals surface area contributed by atoms with E-state index in [1.54, 1.807) is 0 Å². The first-order valence-electron chi connectivity index (χ1n) is 14.2. The maximum Gasteiger partial charge on any atom is 0.305 e. The molecule has 0 aromatic rings. The van der Waals surface area contributed by atoms with E-state index in [-0.39, 0.29) is 61.2 Å². The van der Waals surface area contributed by atoms with Gasteiger partial charge in [0, 0.05) is 24.7 Å². The van der Waals surface area contributed by atoms with Crippen LogP contribution in [0.2, 0.25) is 0 Å². The average Bonchev–Trinajstić information content (AvgIpc) is 3.07. The number of carboxylic acids is 1. The third kappa shape index (κ3) is 5.44. The topological polar surface area (TPSA) is 162 Å². The minimum absolute atomic E-state index is 0.0213. The van der Waals surface area contributed by atoms with Crippen molar-refractivity contribution in [2.45, 2.75) is 115 Å². The van der Waals surface area contributed by atoms with Crippen molar-refractivity contribution in [3.05, 3.63) is 11.6 Å². The zero-order valence-corrected chi connectivity index (χ0v) is 22.6. The van der Waals surface area contributed by atoms with Crippen molar-refractivity contribution in [2.24, 2.45) is 28.6 Å². The number of aliphatic hydroxyl groups excluding tert-OH is 3. The van der Waals surface area contributed by atoms with Crippen LogP contribution in [0, 0.1) is 28.6 Å². The Morgan fingerprint density at radius 3 is 2.58 bits per heavy atom. The van der Waals surface area contributed by atoms with E-state index in [1.807, 2.05) is 6.08 Å². The van der Waals surface area contributed by atoms with Crippen molar-refractivity contribution in [2.75, 3.05) is 6.61 Å². The molecule has 0 bridgehead atoms. The normalized spacial score (nSPS) is 39.8. The van der Waals surface area contributed by atoms with Gasteiger partial charge in [-0.05, 0) is 80.6 Å². The minimum Gasteiger partial charge on any atom is -0.481 e. The second-order valence-electron chi connectivity index (χ2n) is 12.8. The van der Waals surface area contributed by atoms with E-state index in [9.17, 15) is 34.8 Å². The Hall–Kier alpha value is -1.81. The number of aliphatic carboxylic acids is 1. The van der Waals surface area contributed by atoms with Crippen LogP contribution in [0.5, 0.6) is 0 Å². The van der Waals surface area contributed by atoms with Gasteiger partial charge in [-0.15, -0.1) is 0 Å². The Bertz CT molecular complexity index is 962. The lowest BCUT2D eigenvalue weighted by atomic mass is 9.45. The molecule has 38 heavy (non-hydrogen) atoms. The van der Waals surface area contributed by atoms with Crippen molar-refractivity contribution in [3.63, 3.8) is 0 Å². The van der Waals surface area contributed by atoms with Crippen LogP contribution in [-0.4, -0.2) is 73.8 Å². The summed E-state index contributed by atoms with van der Waals surface area (Å²) in [5, 5.41) is 51.6. The number of ether oxygens (including phenoxy) is 1. The molecule has 3 saturated carbocycles. The molecule has 4 aliphatic rings. The standard InChI is InChI=1S/C29H44O9/c1-27-9-5-18(30)13-17(27)3-4-21-22-6-10-29(37,28(22,2)16-23(33)26(21)27)11-7-25(36)38-12-8-19(31)14-20(32)15-24(34)35/h13,19-23,26,31-33,37H,3-12,14-16H2,1-2H3,(H,34,35)/t19-,20-,21?,22?,23-,26?,27-,28-,29-/m0/s1. The van der Waals surface area contributed by atoms with Crippen molar-refractivity contribution >= 4 is 17.7 Å². The van der Waals surface area contributed by atoms with Gasteiger partial charge in [-0.3, -0.25) is 14.4 Å². The van der Waals surface area contributed by atoms with E-state index in [1.165, 1.54) is 5.57 Å². The number of ketones is 1. The molecule has 0 radical (unpaired) electrons. The van der Waals surface area contributed by atoms with Gasteiger partial charge in [-0.2, -0.15) is 0 Å². The summed E-state index contributed by atoms with van der Waals surface area (Å²) in [4.78, 5) is 35.1. The van der Waals surface area contributed by atoms with E-state index >= 15 is 0 Å². The first kappa shape index (κ1) is 29.2. The molecule has 9 nitrogen and oxygen atoms in total. The van der Waals surface area contributed by atoms with E-state index in [0.29, 0.717) is 19.3 Å². The highest BCUT2D eigenvalue weighted by Crippen LogP contribution is 2.68. The second-order valence-corrected chi connectivity index (χ2v) is 12.8. The van der Waals surface area contributed by atoms with Crippen LogP contribution in [0.3, 0.4) is 0 Å². The van der Waals surface area contributed by atoms with Crippen molar-refractivity contribution in [1.82, 2.24) is 0 Å². The molecule has 0 spiro atoms. The number of hydrogen-bond acceptors (Lipinski definition) is 8. The van der Waals surface area contributed by atoms with Gasteiger partial charge < -0.3 is 30.3 Å². The van der Waals surface area contributed by atoms with E-state index < -0.39 is 47.7 Å². The maximum atomic E-state index is 12.4. The molecule has 0 saturated heterocycles. The van der Waals surface area contributed by atoms with E-state index in [0.717, 1.165) is 25.7 Å². The maximum absolute atomic E-state index is 12.4. The van der Waals surface area contributed by atoms with Gasteiger partial charge >= 0.3 is 11.9 Å². The van der Waals surface area contributed by atoms with Crippen molar-refractivity contribution < 1.29 is 44.7 Å². The molecule has 5 N–H and O–H groups in total. The Morgan fingerprint density at radius 2 is 1.87 bits per heavy atom. The summed E-state index contributed by atoms with van der Waals surface area (Å²) in [6.45, 7) is 4.21. The molecule has 3 unspecified atom stereocenters. The summed E-state index contributed by atoms with van der Waals surface area (Å²) in [7, 11) is 0. The number of carboxylic acid groups (broad SMARTS) is 1. The van der Waals surface area contributed by atoms with Crippen LogP contribution in [0.1, 0.15) is 90.9 Å². The number of aliphatic hydroxyl groups is 4. The van der Waals surface area contributed by atoms with Crippen LogP contribution in [0.25, 0.3) is 0 Å². The molecule has 4 rings (SSSR count). The monoisotopic (exact) mass is 536 g/mol. The fourth-order valence-corrected chi connectivity index (χ4v) is 8.60. The van der Waals surface area contributed by atoms with Gasteiger partial charge in [-0.25, -0.2) is 0 Å². The smallest absolute Gasteiger partial charge is 0.305 e. The summed E-state index contributed by atoms with van der Waals surface area (Å²) in [5.41, 5.74) is -0.624. The summed E-state index contributed by atoms with van der Waals surface area (Å²) in [6.07, 6.45) is 3.77. The first-order chi connectivity index (χ1) is 17.8. The Kier molecular flexibility index (Phi) is 8.44. The van der Waals surface area contributed by atoms with Crippen LogP contribution < -0.4 is 0 Å². The quantitative estimate of drug-likeness (QED) is 0.264. The van der Waals surface area contributed by atoms with Gasteiger partial charge in [0.05, 0.1) is 36.9 Å².